The van der Waals surface area contributed by atoms with Gasteiger partial charge in [0.05, 0.1) is 22.8 Å². The fraction of sp³-hybridized carbons (Fsp3) is 0.294. The summed E-state index contributed by atoms with van der Waals surface area (Å²) in [6.07, 6.45) is 0. The van der Waals surface area contributed by atoms with Crippen LogP contribution in [-0.4, -0.2) is 25.3 Å². The largest absolute Gasteiger partial charge is 0.346 e. The van der Waals surface area contributed by atoms with Gasteiger partial charge in [0.25, 0.3) is 5.91 Å². The average molecular weight is 341 g/mol. The van der Waals surface area contributed by atoms with Crippen molar-refractivity contribution < 1.29 is 4.79 Å². The molecule has 0 bridgehead atoms. The van der Waals surface area contributed by atoms with Crippen molar-refractivity contribution in [1.29, 1.82) is 0 Å². The van der Waals surface area contributed by atoms with E-state index in [0.717, 1.165) is 21.8 Å². The van der Waals surface area contributed by atoms with E-state index in [1.807, 2.05) is 37.4 Å². The molecule has 1 aromatic carbocycles. The van der Waals surface area contributed by atoms with Gasteiger partial charge >= 0.3 is 0 Å². The first kappa shape index (κ1) is 16.3. The molecule has 0 spiro atoms. The highest BCUT2D eigenvalue weighted by Crippen LogP contribution is 2.21. The number of benzene rings is 1. The van der Waals surface area contributed by atoms with Gasteiger partial charge in [-0.1, -0.05) is 48.7 Å². The predicted octanol–water partition coefficient (Wildman–Crippen LogP) is 2.99. The van der Waals surface area contributed by atoms with Crippen LogP contribution in [0.1, 0.15) is 40.8 Å². The van der Waals surface area contributed by atoms with Gasteiger partial charge in [0, 0.05) is 7.05 Å². The number of rotatable bonds is 5. The smallest absolute Gasteiger partial charge is 0.272 e. The lowest BCUT2D eigenvalue weighted by Gasteiger charge is -2.04. The van der Waals surface area contributed by atoms with Gasteiger partial charge in [-0.2, -0.15) is 5.10 Å². The molecule has 0 saturated heterocycles. The Kier molecular flexibility index (Phi) is 4.71. The van der Waals surface area contributed by atoms with Crippen molar-refractivity contribution in [3.8, 4) is 11.3 Å². The number of carbonyl (C=O) groups is 1. The van der Waals surface area contributed by atoms with Gasteiger partial charge in [0.2, 0.25) is 0 Å². The quantitative estimate of drug-likeness (QED) is 0.774. The van der Waals surface area contributed by atoms with Crippen LogP contribution in [0.15, 0.2) is 36.4 Å². The van der Waals surface area contributed by atoms with E-state index in [1.165, 1.54) is 11.5 Å². The molecular formula is C17H19N5OS. The topological polar surface area (TPSA) is 72.7 Å². The second-order valence-electron chi connectivity index (χ2n) is 5.82. The van der Waals surface area contributed by atoms with Crippen LogP contribution in [-0.2, 0) is 13.6 Å². The molecule has 1 N–H and O–H groups in total. The fourth-order valence-electron chi connectivity index (χ4n) is 2.48. The number of nitrogens with one attached hydrogen (secondary N) is 1. The Hall–Kier alpha value is -2.54. The number of aryl methyl sites for hydroxylation is 1. The molecule has 0 fully saturated rings. The van der Waals surface area contributed by atoms with Gasteiger partial charge in [-0.25, -0.2) is 0 Å². The molecule has 3 aromatic rings. The summed E-state index contributed by atoms with van der Waals surface area (Å²) in [5.74, 6) is 0.0890. The van der Waals surface area contributed by atoms with Crippen molar-refractivity contribution in [2.24, 2.45) is 7.05 Å². The third-order valence-electron chi connectivity index (χ3n) is 3.72. The second kappa shape index (κ2) is 6.92. The van der Waals surface area contributed by atoms with E-state index >= 15 is 0 Å². The zero-order chi connectivity index (χ0) is 17.1. The van der Waals surface area contributed by atoms with E-state index in [-0.39, 0.29) is 11.8 Å². The van der Waals surface area contributed by atoms with Crippen LogP contribution in [0.2, 0.25) is 0 Å². The van der Waals surface area contributed by atoms with Crippen LogP contribution in [0, 0.1) is 0 Å². The Morgan fingerprint density at radius 2 is 2.04 bits per heavy atom. The lowest BCUT2D eigenvalue weighted by molar-refractivity contribution is 0.0945. The van der Waals surface area contributed by atoms with E-state index in [4.69, 9.17) is 0 Å². The minimum atomic E-state index is -0.198. The molecule has 124 valence electrons. The molecule has 0 saturated carbocycles. The molecule has 0 aliphatic carbocycles. The monoisotopic (exact) mass is 341 g/mol. The maximum absolute atomic E-state index is 12.4. The molecule has 3 rings (SSSR count). The Morgan fingerprint density at radius 1 is 1.29 bits per heavy atom. The normalized spacial score (nSPS) is 11.0. The summed E-state index contributed by atoms with van der Waals surface area (Å²) in [5.41, 5.74) is 3.27. The first-order valence-electron chi connectivity index (χ1n) is 7.75. The molecule has 0 aliphatic heterocycles. The molecule has 1 amide bonds. The van der Waals surface area contributed by atoms with E-state index in [9.17, 15) is 4.79 Å². The van der Waals surface area contributed by atoms with Crippen molar-refractivity contribution in [2.45, 2.75) is 26.3 Å². The molecule has 0 unspecified atom stereocenters. The lowest BCUT2D eigenvalue weighted by Crippen LogP contribution is -2.23. The SMILES string of the molecule is CC(C)c1nnsc1CNC(=O)c1cc(-c2ccccc2)n(C)n1. The summed E-state index contributed by atoms with van der Waals surface area (Å²) < 4.78 is 5.69. The van der Waals surface area contributed by atoms with Crippen molar-refractivity contribution in [1.82, 2.24) is 24.7 Å². The number of carbonyl (C=O) groups excluding carboxylic acids is 1. The molecule has 0 radical (unpaired) electrons. The van der Waals surface area contributed by atoms with Crippen LogP contribution in [0.4, 0.5) is 0 Å². The van der Waals surface area contributed by atoms with Gasteiger partial charge < -0.3 is 5.32 Å². The van der Waals surface area contributed by atoms with E-state index in [0.29, 0.717) is 12.2 Å². The van der Waals surface area contributed by atoms with Crippen LogP contribution in [0.25, 0.3) is 11.3 Å². The van der Waals surface area contributed by atoms with Gasteiger partial charge in [-0.05, 0) is 29.1 Å². The van der Waals surface area contributed by atoms with Crippen LogP contribution in [0.3, 0.4) is 0 Å². The van der Waals surface area contributed by atoms with Crippen molar-refractivity contribution >= 4 is 17.4 Å². The van der Waals surface area contributed by atoms with Crippen LogP contribution >= 0.6 is 11.5 Å². The fourth-order valence-corrected chi connectivity index (χ4v) is 3.22. The average Bonchev–Trinajstić information content (AvgIpc) is 3.20. The Labute approximate surface area is 144 Å². The lowest BCUT2D eigenvalue weighted by atomic mass is 10.1. The Bertz CT molecular complexity index is 838. The summed E-state index contributed by atoms with van der Waals surface area (Å²) in [6.45, 7) is 4.54. The Balaban J connectivity index is 1.73. The van der Waals surface area contributed by atoms with Crippen LogP contribution < -0.4 is 5.32 Å². The van der Waals surface area contributed by atoms with E-state index in [1.54, 1.807) is 10.7 Å². The highest BCUT2D eigenvalue weighted by atomic mass is 32.1. The summed E-state index contributed by atoms with van der Waals surface area (Å²) in [7, 11) is 1.84. The van der Waals surface area contributed by atoms with Crippen molar-refractivity contribution in [3.63, 3.8) is 0 Å². The number of nitrogens with zero attached hydrogens (tertiary/aromatic N) is 4. The molecule has 0 aliphatic rings. The molecular weight excluding hydrogens is 322 g/mol. The highest BCUT2D eigenvalue weighted by molar-refractivity contribution is 7.05. The first-order valence-corrected chi connectivity index (χ1v) is 8.52. The molecule has 2 aromatic heterocycles. The number of hydrogen-bond donors (Lipinski definition) is 1. The van der Waals surface area contributed by atoms with Gasteiger partial charge in [0.1, 0.15) is 0 Å². The summed E-state index contributed by atoms with van der Waals surface area (Å²) in [6, 6.07) is 11.7. The molecule has 0 atom stereocenters. The van der Waals surface area contributed by atoms with Gasteiger partial charge in [-0.3, -0.25) is 9.48 Å². The number of amides is 1. The third-order valence-corrected chi connectivity index (χ3v) is 4.46. The summed E-state index contributed by atoms with van der Waals surface area (Å²) in [5, 5.41) is 11.3. The minimum Gasteiger partial charge on any atom is -0.346 e. The zero-order valence-electron chi connectivity index (χ0n) is 13.9. The minimum absolute atomic E-state index is 0.198. The van der Waals surface area contributed by atoms with E-state index in [2.05, 4.69) is 33.8 Å². The number of hydrogen-bond acceptors (Lipinski definition) is 5. The number of aromatic nitrogens is 4. The summed E-state index contributed by atoms with van der Waals surface area (Å²) in [4.78, 5) is 13.4. The zero-order valence-corrected chi connectivity index (χ0v) is 14.7. The van der Waals surface area contributed by atoms with Crippen molar-refractivity contribution in [3.05, 3.63) is 52.7 Å². The summed E-state index contributed by atoms with van der Waals surface area (Å²) >= 11 is 1.32. The second-order valence-corrected chi connectivity index (χ2v) is 6.66. The van der Waals surface area contributed by atoms with E-state index < -0.39 is 0 Å². The molecule has 24 heavy (non-hydrogen) atoms. The maximum Gasteiger partial charge on any atom is 0.272 e. The van der Waals surface area contributed by atoms with Gasteiger partial charge in [-0.15, -0.1) is 5.10 Å². The van der Waals surface area contributed by atoms with Crippen LogP contribution in [0.5, 0.6) is 0 Å². The predicted molar refractivity (Wildman–Crippen MR) is 93.8 cm³/mol. The first-order chi connectivity index (χ1) is 11.6. The standard InChI is InChI=1S/C17H19N5OS/c1-11(2)16-15(24-21-19-16)10-18-17(23)13-9-14(22(3)20-13)12-7-5-4-6-8-12/h4-9,11H,10H2,1-3H3,(H,18,23). The third kappa shape index (κ3) is 3.35. The molecule has 6 nitrogen and oxygen atoms in total. The maximum atomic E-state index is 12.4. The highest BCUT2D eigenvalue weighted by Gasteiger charge is 2.16. The van der Waals surface area contributed by atoms with Gasteiger partial charge in [0.15, 0.2) is 5.69 Å². The van der Waals surface area contributed by atoms with Crippen molar-refractivity contribution in [2.75, 3.05) is 0 Å². The Morgan fingerprint density at radius 3 is 2.75 bits per heavy atom. The molecule has 7 heteroatoms. The molecule has 2 heterocycles.